The maximum atomic E-state index is 10.5. The lowest BCUT2D eigenvalue weighted by atomic mass is 10.2. The molecule has 1 aromatic carbocycles. The molecule has 0 atom stereocenters. The quantitative estimate of drug-likeness (QED) is 0.620. The topological polar surface area (TPSA) is 81.1 Å². The number of hydrogen-bond acceptors (Lipinski definition) is 3. The zero-order valence-corrected chi connectivity index (χ0v) is 8.21. The maximum Gasteiger partial charge on any atom is 0.219 e. The van der Waals surface area contributed by atoms with E-state index in [1.807, 2.05) is 25.1 Å². The van der Waals surface area contributed by atoms with Crippen LogP contribution in [0.15, 0.2) is 18.2 Å². The minimum absolute atomic E-state index is 0.306. The number of rotatable bonds is 4. The van der Waals surface area contributed by atoms with Crippen LogP contribution in [-0.4, -0.2) is 12.5 Å². The summed E-state index contributed by atoms with van der Waals surface area (Å²) in [6, 6.07) is 5.62. The van der Waals surface area contributed by atoms with Crippen molar-refractivity contribution in [3.63, 3.8) is 0 Å². The number of carbonyl (C=O) groups excluding carboxylic acids is 1. The van der Waals surface area contributed by atoms with E-state index in [-0.39, 0.29) is 5.91 Å². The SMILES string of the molecule is Cc1ccc(N)cc1NCCC(N)=O. The highest BCUT2D eigenvalue weighted by Crippen LogP contribution is 2.17. The van der Waals surface area contributed by atoms with Crippen LogP contribution in [0.1, 0.15) is 12.0 Å². The Labute approximate surface area is 83.3 Å². The molecule has 4 nitrogen and oxygen atoms in total. The van der Waals surface area contributed by atoms with Crippen molar-refractivity contribution in [2.75, 3.05) is 17.6 Å². The van der Waals surface area contributed by atoms with Crippen LogP contribution in [0.2, 0.25) is 0 Å². The number of anilines is 2. The number of nitrogens with two attached hydrogens (primary N) is 2. The minimum atomic E-state index is -0.306. The molecule has 1 amide bonds. The molecule has 0 aliphatic rings. The molecule has 0 aliphatic heterocycles. The Bertz CT molecular complexity index is 336. The molecule has 0 saturated heterocycles. The summed E-state index contributed by atoms with van der Waals surface area (Å²) in [7, 11) is 0. The second-order valence-electron chi connectivity index (χ2n) is 3.22. The molecule has 0 radical (unpaired) electrons. The van der Waals surface area contributed by atoms with Crippen molar-refractivity contribution in [2.45, 2.75) is 13.3 Å². The lowest BCUT2D eigenvalue weighted by molar-refractivity contribution is -0.117. The van der Waals surface area contributed by atoms with E-state index in [2.05, 4.69) is 5.32 Å². The molecule has 0 aromatic heterocycles. The van der Waals surface area contributed by atoms with Gasteiger partial charge in [0.05, 0.1) is 0 Å². The van der Waals surface area contributed by atoms with Crippen LogP contribution in [0, 0.1) is 6.92 Å². The predicted octanol–water partition coefficient (Wildman–Crippen LogP) is 0.865. The van der Waals surface area contributed by atoms with Crippen molar-refractivity contribution in [2.24, 2.45) is 5.73 Å². The van der Waals surface area contributed by atoms with Crippen molar-refractivity contribution in [1.82, 2.24) is 0 Å². The Kier molecular flexibility index (Phi) is 3.34. The largest absolute Gasteiger partial charge is 0.399 e. The van der Waals surface area contributed by atoms with Gasteiger partial charge >= 0.3 is 0 Å². The summed E-state index contributed by atoms with van der Waals surface area (Å²) in [6.07, 6.45) is 0.328. The number of nitrogens with one attached hydrogen (secondary N) is 1. The summed E-state index contributed by atoms with van der Waals surface area (Å²) in [6.45, 7) is 2.52. The van der Waals surface area contributed by atoms with E-state index in [1.165, 1.54) is 0 Å². The van der Waals surface area contributed by atoms with Gasteiger partial charge in [0, 0.05) is 24.3 Å². The molecule has 4 heteroatoms. The van der Waals surface area contributed by atoms with Crippen molar-refractivity contribution >= 4 is 17.3 Å². The Hall–Kier alpha value is -1.71. The van der Waals surface area contributed by atoms with Crippen molar-refractivity contribution in [1.29, 1.82) is 0 Å². The Balaban J connectivity index is 2.57. The van der Waals surface area contributed by atoms with Gasteiger partial charge in [-0.2, -0.15) is 0 Å². The van der Waals surface area contributed by atoms with Crippen LogP contribution in [0.25, 0.3) is 0 Å². The molecule has 0 fully saturated rings. The van der Waals surface area contributed by atoms with E-state index >= 15 is 0 Å². The molecular formula is C10H15N3O. The maximum absolute atomic E-state index is 10.5. The molecule has 0 heterocycles. The average Bonchev–Trinajstić information content (AvgIpc) is 2.10. The fraction of sp³-hybridized carbons (Fsp3) is 0.300. The van der Waals surface area contributed by atoms with Gasteiger partial charge in [-0.25, -0.2) is 0 Å². The molecule has 14 heavy (non-hydrogen) atoms. The third-order valence-electron chi connectivity index (χ3n) is 1.95. The van der Waals surface area contributed by atoms with Crippen LogP contribution >= 0.6 is 0 Å². The summed E-state index contributed by atoms with van der Waals surface area (Å²) in [4.78, 5) is 10.5. The van der Waals surface area contributed by atoms with Gasteiger partial charge in [0.25, 0.3) is 0 Å². The Morgan fingerprint density at radius 2 is 2.21 bits per heavy atom. The van der Waals surface area contributed by atoms with Crippen molar-refractivity contribution < 1.29 is 4.79 Å². The zero-order chi connectivity index (χ0) is 10.6. The Morgan fingerprint density at radius 1 is 1.50 bits per heavy atom. The number of primary amides is 1. The summed E-state index contributed by atoms with van der Waals surface area (Å²) in [5, 5.41) is 3.10. The smallest absolute Gasteiger partial charge is 0.219 e. The van der Waals surface area contributed by atoms with E-state index in [4.69, 9.17) is 11.5 Å². The first-order chi connectivity index (χ1) is 6.59. The van der Waals surface area contributed by atoms with Gasteiger partial charge in [-0.05, 0) is 24.6 Å². The average molecular weight is 193 g/mol. The molecule has 5 N–H and O–H groups in total. The second-order valence-corrected chi connectivity index (χ2v) is 3.22. The molecule has 1 rings (SSSR count). The normalized spacial score (nSPS) is 9.79. The molecule has 0 saturated carbocycles. The molecule has 0 aliphatic carbocycles. The zero-order valence-electron chi connectivity index (χ0n) is 8.21. The number of nitrogen functional groups attached to an aromatic ring is 1. The van der Waals surface area contributed by atoms with Crippen LogP contribution < -0.4 is 16.8 Å². The third-order valence-corrected chi connectivity index (χ3v) is 1.95. The molecule has 0 spiro atoms. The fourth-order valence-electron chi connectivity index (χ4n) is 1.15. The molecule has 0 unspecified atom stereocenters. The summed E-state index contributed by atoms with van der Waals surface area (Å²) in [5.41, 5.74) is 13.4. The third kappa shape index (κ3) is 2.97. The molecular weight excluding hydrogens is 178 g/mol. The summed E-state index contributed by atoms with van der Waals surface area (Å²) >= 11 is 0. The van der Waals surface area contributed by atoms with E-state index in [0.717, 1.165) is 11.3 Å². The highest BCUT2D eigenvalue weighted by atomic mass is 16.1. The lowest BCUT2D eigenvalue weighted by Gasteiger charge is -2.08. The van der Waals surface area contributed by atoms with E-state index in [9.17, 15) is 4.79 Å². The number of benzene rings is 1. The highest BCUT2D eigenvalue weighted by Gasteiger charge is 1.99. The van der Waals surface area contributed by atoms with Crippen molar-refractivity contribution in [3.8, 4) is 0 Å². The first kappa shape index (κ1) is 10.4. The van der Waals surface area contributed by atoms with Gasteiger partial charge in [-0.1, -0.05) is 6.07 Å². The van der Waals surface area contributed by atoms with Gasteiger partial charge in [0.15, 0.2) is 0 Å². The molecule has 0 bridgehead atoms. The van der Waals surface area contributed by atoms with Crippen LogP contribution in [0.3, 0.4) is 0 Å². The van der Waals surface area contributed by atoms with Crippen LogP contribution in [0.4, 0.5) is 11.4 Å². The summed E-state index contributed by atoms with van der Waals surface area (Å²) < 4.78 is 0. The van der Waals surface area contributed by atoms with Gasteiger partial charge in [-0.15, -0.1) is 0 Å². The second kappa shape index (κ2) is 4.50. The fourth-order valence-corrected chi connectivity index (χ4v) is 1.15. The number of hydrogen-bond donors (Lipinski definition) is 3. The standard InChI is InChI=1S/C10H15N3O/c1-7-2-3-8(11)6-9(7)13-5-4-10(12)14/h2-3,6,13H,4-5,11H2,1H3,(H2,12,14). The Morgan fingerprint density at radius 3 is 2.86 bits per heavy atom. The van der Waals surface area contributed by atoms with Crippen LogP contribution in [0.5, 0.6) is 0 Å². The van der Waals surface area contributed by atoms with E-state index in [1.54, 1.807) is 0 Å². The number of amides is 1. The first-order valence-corrected chi connectivity index (χ1v) is 4.48. The van der Waals surface area contributed by atoms with Gasteiger partial charge < -0.3 is 16.8 Å². The lowest BCUT2D eigenvalue weighted by Crippen LogP contribution is -2.16. The minimum Gasteiger partial charge on any atom is -0.399 e. The molecule has 1 aromatic rings. The van der Waals surface area contributed by atoms with Crippen LogP contribution in [-0.2, 0) is 4.79 Å². The van der Waals surface area contributed by atoms with E-state index in [0.29, 0.717) is 18.7 Å². The van der Waals surface area contributed by atoms with E-state index < -0.39 is 0 Å². The monoisotopic (exact) mass is 193 g/mol. The summed E-state index contributed by atoms with van der Waals surface area (Å²) in [5.74, 6) is -0.306. The predicted molar refractivity (Wildman–Crippen MR) is 57.9 cm³/mol. The number of aryl methyl sites for hydroxylation is 1. The van der Waals surface area contributed by atoms with Gasteiger partial charge in [-0.3, -0.25) is 4.79 Å². The number of carbonyl (C=O) groups is 1. The van der Waals surface area contributed by atoms with Gasteiger partial charge in [0.2, 0.25) is 5.91 Å². The molecule has 76 valence electrons. The van der Waals surface area contributed by atoms with Crippen molar-refractivity contribution in [3.05, 3.63) is 23.8 Å². The highest BCUT2D eigenvalue weighted by molar-refractivity contribution is 5.74. The van der Waals surface area contributed by atoms with Gasteiger partial charge in [0.1, 0.15) is 0 Å². The first-order valence-electron chi connectivity index (χ1n) is 4.48.